The van der Waals surface area contributed by atoms with E-state index in [2.05, 4.69) is 19.9 Å². The highest BCUT2D eigenvalue weighted by Gasteiger charge is 2.59. The van der Waals surface area contributed by atoms with Crippen LogP contribution >= 0.6 is 0 Å². The zero-order valence-corrected chi connectivity index (χ0v) is 7.30. The molecule has 1 fully saturated rings. The third-order valence-corrected chi connectivity index (χ3v) is 3.64. The van der Waals surface area contributed by atoms with Gasteiger partial charge in [-0.2, -0.15) is 0 Å². The van der Waals surface area contributed by atoms with Crippen LogP contribution in [0.15, 0.2) is 11.6 Å². The highest BCUT2D eigenvalue weighted by Crippen LogP contribution is 2.67. The number of fused-ring (bicyclic) bond motifs is 1. The van der Waals surface area contributed by atoms with Crippen molar-refractivity contribution in [2.75, 3.05) is 6.61 Å². The molecule has 1 N–H and O–H groups in total. The molecule has 2 atom stereocenters. The molecule has 0 saturated heterocycles. The Balaban J connectivity index is 2.11. The largest absolute Gasteiger partial charge is 0.392 e. The first-order chi connectivity index (χ1) is 5.20. The lowest BCUT2D eigenvalue weighted by molar-refractivity contribution is 0.313. The Bertz CT molecular complexity index is 205. The van der Waals surface area contributed by atoms with Gasteiger partial charge >= 0.3 is 0 Å². The number of hydrogen-bond acceptors (Lipinski definition) is 1. The van der Waals surface area contributed by atoms with Crippen molar-refractivity contribution in [1.82, 2.24) is 0 Å². The van der Waals surface area contributed by atoms with Crippen molar-refractivity contribution < 1.29 is 5.11 Å². The first-order valence-electron chi connectivity index (χ1n) is 4.50. The fourth-order valence-electron chi connectivity index (χ4n) is 2.56. The number of hydrogen-bond donors (Lipinski definition) is 1. The lowest BCUT2D eigenvalue weighted by Crippen LogP contribution is -2.08. The van der Waals surface area contributed by atoms with E-state index in [-0.39, 0.29) is 0 Å². The number of aliphatic hydroxyl groups excluding tert-OH is 1. The maximum atomic E-state index is 8.99. The topological polar surface area (TPSA) is 20.2 Å². The minimum Gasteiger partial charge on any atom is -0.392 e. The first-order valence-corrected chi connectivity index (χ1v) is 4.50. The molecule has 0 radical (unpaired) electrons. The van der Waals surface area contributed by atoms with Crippen LogP contribution in [-0.2, 0) is 0 Å². The molecule has 2 rings (SSSR count). The van der Waals surface area contributed by atoms with E-state index in [1.165, 1.54) is 18.4 Å². The molecule has 0 aromatic heterocycles. The van der Waals surface area contributed by atoms with E-state index in [0.29, 0.717) is 12.0 Å². The van der Waals surface area contributed by atoms with E-state index in [4.69, 9.17) is 5.11 Å². The van der Waals surface area contributed by atoms with Crippen molar-refractivity contribution in [3.63, 3.8) is 0 Å². The van der Waals surface area contributed by atoms with Crippen LogP contribution in [0.3, 0.4) is 0 Å². The molecule has 0 bridgehead atoms. The SMILES string of the molecule is CC(C)C12CC=C(CO)C1C2. The first kappa shape index (κ1) is 7.35. The lowest BCUT2D eigenvalue weighted by Gasteiger charge is -2.15. The molecular weight excluding hydrogens is 136 g/mol. The minimum absolute atomic E-state index is 0.291. The maximum Gasteiger partial charge on any atom is 0.0644 e. The van der Waals surface area contributed by atoms with E-state index < -0.39 is 0 Å². The second-order valence-electron chi connectivity index (χ2n) is 4.29. The molecule has 2 aliphatic carbocycles. The van der Waals surface area contributed by atoms with Crippen LogP contribution in [0, 0.1) is 17.3 Å². The van der Waals surface area contributed by atoms with Gasteiger partial charge in [-0.1, -0.05) is 19.9 Å². The van der Waals surface area contributed by atoms with E-state index in [0.717, 1.165) is 11.8 Å². The summed E-state index contributed by atoms with van der Waals surface area (Å²) in [5, 5.41) is 8.99. The number of aliphatic hydroxyl groups is 1. The summed E-state index contributed by atoms with van der Waals surface area (Å²) in [5.41, 5.74) is 1.89. The van der Waals surface area contributed by atoms with Gasteiger partial charge in [0.05, 0.1) is 6.61 Å². The minimum atomic E-state index is 0.291. The average molecular weight is 152 g/mol. The Labute approximate surface area is 68.1 Å². The van der Waals surface area contributed by atoms with Gasteiger partial charge in [-0.15, -0.1) is 0 Å². The quantitative estimate of drug-likeness (QED) is 0.600. The van der Waals surface area contributed by atoms with Crippen LogP contribution in [0.5, 0.6) is 0 Å². The Morgan fingerprint density at radius 3 is 2.73 bits per heavy atom. The Hall–Kier alpha value is -0.300. The molecule has 0 spiro atoms. The Kier molecular flexibility index (Phi) is 1.40. The Morgan fingerprint density at radius 2 is 2.45 bits per heavy atom. The summed E-state index contributed by atoms with van der Waals surface area (Å²) in [7, 11) is 0. The zero-order chi connectivity index (χ0) is 8.06. The fraction of sp³-hybridized carbons (Fsp3) is 0.800. The fourth-order valence-corrected chi connectivity index (χ4v) is 2.56. The van der Waals surface area contributed by atoms with Crippen LogP contribution in [-0.4, -0.2) is 11.7 Å². The molecule has 2 unspecified atom stereocenters. The molecule has 0 aromatic carbocycles. The van der Waals surface area contributed by atoms with E-state index in [1.54, 1.807) is 0 Å². The molecule has 11 heavy (non-hydrogen) atoms. The van der Waals surface area contributed by atoms with Gasteiger partial charge in [0.2, 0.25) is 0 Å². The van der Waals surface area contributed by atoms with Gasteiger partial charge in [0.25, 0.3) is 0 Å². The second kappa shape index (κ2) is 2.10. The number of allylic oxidation sites excluding steroid dienone is 1. The Morgan fingerprint density at radius 1 is 1.73 bits per heavy atom. The van der Waals surface area contributed by atoms with Crippen LogP contribution in [0.2, 0.25) is 0 Å². The van der Waals surface area contributed by atoms with E-state index in [9.17, 15) is 0 Å². The average Bonchev–Trinajstić information content (AvgIpc) is 2.61. The monoisotopic (exact) mass is 152 g/mol. The van der Waals surface area contributed by atoms with Crippen molar-refractivity contribution in [3.05, 3.63) is 11.6 Å². The van der Waals surface area contributed by atoms with Crippen molar-refractivity contribution in [1.29, 1.82) is 0 Å². The zero-order valence-electron chi connectivity index (χ0n) is 7.30. The molecule has 62 valence electrons. The van der Waals surface area contributed by atoms with Crippen molar-refractivity contribution >= 4 is 0 Å². The third-order valence-electron chi connectivity index (χ3n) is 3.64. The molecule has 0 aromatic rings. The number of rotatable bonds is 2. The lowest BCUT2D eigenvalue weighted by atomic mass is 9.89. The van der Waals surface area contributed by atoms with E-state index >= 15 is 0 Å². The predicted octanol–water partition coefficient (Wildman–Crippen LogP) is 1.97. The van der Waals surface area contributed by atoms with Gasteiger partial charge in [-0.25, -0.2) is 0 Å². The van der Waals surface area contributed by atoms with Crippen LogP contribution in [0.25, 0.3) is 0 Å². The summed E-state index contributed by atoms with van der Waals surface area (Å²) < 4.78 is 0. The van der Waals surface area contributed by atoms with Crippen molar-refractivity contribution in [2.24, 2.45) is 17.3 Å². The van der Waals surface area contributed by atoms with Crippen molar-refractivity contribution in [2.45, 2.75) is 26.7 Å². The van der Waals surface area contributed by atoms with Gasteiger partial charge in [0.1, 0.15) is 0 Å². The molecule has 0 aliphatic heterocycles. The summed E-state index contributed by atoms with van der Waals surface area (Å²) in [4.78, 5) is 0. The smallest absolute Gasteiger partial charge is 0.0644 e. The summed E-state index contributed by atoms with van der Waals surface area (Å²) >= 11 is 0. The molecule has 1 heteroatoms. The van der Waals surface area contributed by atoms with Crippen LogP contribution in [0.4, 0.5) is 0 Å². The third kappa shape index (κ3) is 0.807. The predicted molar refractivity (Wildman–Crippen MR) is 45.2 cm³/mol. The van der Waals surface area contributed by atoms with Gasteiger partial charge in [0.15, 0.2) is 0 Å². The molecule has 2 aliphatic rings. The van der Waals surface area contributed by atoms with Crippen LogP contribution in [0.1, 0.15) is 26.7 Å². The molecule has 1 saturated carbocycles. The summed E-state index contributed by atoms with van der Waals surface area (Å²) in [5.74, 6) is 1.53. The van der Waals surface area contributed by atoms with E-state index in [1.807, 2.05) is 0 Å². The van der Waals surface area contributed by atoms with Gasteiger partial charge in [-0.05, 0) is 35.7 Å². The normalized spacial score (nSPS) is 40.7. The molecule has 0 amide bonds. The summed E-state index contributed by atoms with van der Waals surface area (Å²) in [6, 6.07) is 0. The van der Waals surface area contributed by atoms with Gasteiger partial charge in [-0.3, -0.25) is 0 Å². The highest BCUT2D eigenvalue weighted by molar-refractivity contribution is 5.30. The van der Waals surface area contributed by atoms with Crippen LogP contribution < -0.4 is 0 Å². The molecule has 0 heterocycles. The second-order valence-corrected chi connectivity index (χ2v) is 4.29. The maximum absolute atomic E-state index is 8.99. The molecule has 1 nitrogen and oxygen atoms in total. The van der Waals surface area contributed by atoms with Crippen molar-refractivity contribution in [3.8, 4) is 0 Å². The standard InChI is InChI=1S/C10H16O/c1-7(2)10-4-3-8(6-11)9(10)5-10/h3,7,9,11H,4-6H2,1-2H3. The van der Waals surface area contributed by atoms with Gasteiger partial charge in [0, 0.05) is 0 Å². The molecular formula is C10H16O. The highest BCUT2D eigenvalue weighted by atomic mass is 16.3. The van der Waals surface area contributed by atoms with Gasteiger partial charge < -0.3 is 5.11 Å². The summed E-state index contributed by atoms with van der Waals surface area (Å²) in [6.45, 7) is 4.89. The summed E-state index contributed by atoms with van der Waals surface area (Å²) in [6.07, 6.45) is 4.79.